The van der Waals surface area contributed by atoms with Crippen molar-refractivity contribution in [2.24, 2.45) is 35.5 Å². The Bertz CT molecular complexity index is 1560. The van der Waals surface area contributed by atoms with Gasteiger partial charge in [0, 0.05) is 60.7 Å². The lowest BCUT2D eigenvalue weighted by molar-refractivity contribution is -0.557. The number of hydrogen-bond acceptors (Lipinski definition) is 11. The van der Waals surface area contributed by atoms with Gasteiger partial charge in [-0.2, -0.15) is 26.3 Å². The van der Waals surface area contributed by atoms with Crippen LogP contribution in [0.15, 0.2) is 22.7 Å². The summed E-state index contributed by atoms with van der Waals surface area (Å²) in [5.41, 5.74) is -3.06. The van der Waals surface area contributed by atoms with Crippen LogP contribution in [0.25, 0.3) is 0 Å². The SMILES string of the molecule is C[C@@H]1CC[C@H]2C(CNC(=O)CN(C)CC(=O)NCC3=C(C(F)(F)F)O[C@@H]4O[C@@]5(C)CC[C@H]6[C@H](C)CC[C@@H]3[C@@]46OO5)=C(C(F)(F)F)O[C@@H]3O[C@@]4(C)CC[C@@H]1[C@]32OO4. The van der Waals surface area contributed by atoms with Crippen molar-refractivity contribution in [3.63, 3.8) is 0 Å². The molecule has 0 aromatic rings. The normalized spacial score (nSPS) is 42.9. The molecule has 2 saturated carbocycles. The lowest BCUT2D eigenvalue weighted by Crippen LogP contribution is -2.67. The predicted molar refractivity (Wildman–Crippen MR) is 177 cm³/mol. The smallest absolute Gasteiger partial charge is 0.449 e. The van der Waals surface area contributed by atoms with Crippen LogP contribution in [0, 0.1) is 35.5 Å². The molecule has 8 fully saturated rings. The molecule has 0 unspecified atom stereocenters. The van der Waals surface area contributed by atoms with Crippen molar-refractivity contribution in [2.75, 3.05) is 33.2 Å². The second-order valence-corrected chi connectivity index (χ2v) is 17.4. The van der Waals surface area contributed by atoms with E-state index in [4.69, 9.17) is 38.5 Å². The van der Waals surface area contributed by atoms with Crippen LogP contribution >= 0.6 is 0 Å². The fourth-order valence-corrected chi connectivity index (χ4v) is 10.9. The van der Waals surface area contributed by atoms with E-state index in [1.54, 1.807) is 13.8 Å². The molecule has 10 aliphatic rings. The Morgan fingerprint density at radius 1 is 0.661 bits per heavy atom. The molecule has 2 spiro atoms. The van der Waals surface area contributed by atoms with Crippen LogP contribution in [0.4, 0.5) is 26.3 Å². The van der Waals surface area contributed by atoms with Gasteiger partial charge in [0.2, 0.25) is 47.5 Å². The van der Waals surface area contributed by atoms with Crippen LogP contribution in [-0.2, 0) is 48.1 Å². The molecule has 10 rings (SSSR count). The van der Waals surface area contributed by atoms with Gasteiger partial charge in [-0.05, 0) is 71.3 Å². The largest absolute Gasteiger partial charge is 0.456 e. The third-order valence-electron chi connectivity index (χ3n) is 13.6. The Morgan fingerprint density at radius 3 is 1.43 bits per heavy atom. The molecule has 12 atom stereocenters. The molecule has 8 aliphatic heterocycles. The summed E-state index contributed by atoms with van der Waals surface area (Å²) in [6.45, 7) is 5.40. The number of likely N-dealkylation sites (N-methyl/N-ethyl adjacent to an activating group) is 1. The zero-order chi connectivity index (χ0) is 40.2. The number of carbonyl (C=O) groups excluding carboxylic acids is 2. The molecule has 0 aromatic heterocycles. The first kappa shape index (κ1) is 40.1. The number of nitrogens with one attached hydrogen (secondary N) is 2. The summed E-state index contributed by atoms with van der Waals surface area (Å²) in [4.78, 5) is 50.9. The van der Waals surface area contributed by atoms with E-state index in [1.807, 2.05) is 13.8 Å². The van der Waals surface area contributed by atoms with Gasteiger partial charge in [-0.1, -0.05) is 13.8 Å². The van der Waals surface area contributed by atoms with E-state index in [2.05, 4.69) is 10.6 Å². The first-order chi connectivity index (χ1) is 26.2. The molecule has 56 heavy (non-hydrogen) atoms. The van der Waals surface area contributed by atoms with Crippen LogP contribution in [-0.4, -0.2) is 97.6 Å². The highest BCUT2D eigenvalue weighted by Gasteiger charge is 2.72. The van der Waals surface area contributed by atoms with Crippen molar-refractivity contribution in [3.05, 3.63) is 22.7 Å². The van der Waals surface area contributed by atoms with Crippen LogP contribution < -0.4 is 10.6 Å². The van der Waals surface area contributed by atoms with Crippen molar-refractivity contribution in [1.82, 2.24) is 15.5 Å². The summed E-state index contributed by atoms with van der Waals surface area (Å²) in [6, 6.07) is 0. The third-order valence-corrected chi connectivity index (χ3v) is 13.6. The molecule has 314 valence electrons. The summed E-state index contributed by atoms with van der Waals surface area (Å²) < 4.78 is 110. The standard InChI is InChI=1S/C37H49F6N3O10/c1-18-6-8-24-20(28(36(38,39)40)49-30-34(24)22(18)10-12-32(3,51-30)53-55-34)14-44-26(47)16-46(5)17-27(48)45-15-21-25-9-7-19(2)23-11-13-33(4)52-31(35(23,25)56-54-33)50-29(21)37(41,42)43/h18-19,22-25,30-31H,6-17H2,1-5H3,(H,44,47)(H,45,48)/t18-,19-,22+,23+,24+,25+,30-,31-,32-,33-,34-,35-/m1/s1. The van der Waals surface area contributed by atoms with E-state index in [0.29, 0.717) is 51.4 Å². The minimum absolute atomic E-state index is 0.0849. The molecule has 13 nitrogen and oxygen atoms in total. The molecule has 0 radical (unpaired) electrons. The van der Waals surface area contributed by atoms with E-state index < -0.39 is 109 Å². The summed E-state index contributed by atoms with van der Waals surface area (Å²) in [7, 11) is 1.43. The molecule has 2 amide bonds. The summed E-state index contributed by atoms with van der Waals surface area (Å²) in [5, 5.41) is 5.11. The van der Waals surface area contributed by atoms with Gasteiger partial charge in [0.15, 0.2) is 11.2 Å². The van der Waals surface area contributed by atoms with E-state index in [1.165, 1.54) is 11.9 Å². The third kappa shape index (κ3) is 6.51. The second-order valence-electron chi connectivity index (χ2n) is 17.4. The van der Waals surface area contributed by atoms with Gasteiger partial charge in [0.1, 0.15) is 0 Å². The number of nitrogens with zero attached hydrogens (tertiary/aromatic N) is 1. The molecule has 19 heteroatoms. The van der Waals surface area contributed by atoms with Gasteiger partial charge in [-0.25, -0.2) is 19.6 Å². The van der Waals surface area contributed by atoms with Gasteiger partial charge >= 0.3 is 12.4 Å². The number of fused-ring (bicyclic) bond motifs is 4. The quantitative estimate of drug-likeness (QED) is 0.245. The van der Waals surface area contributed by atoms with Crippen molar-refractivity contribution < 1.29 is 74.4 Å². The minimum atomic E-state index is -4.89. The van der Waals surface area contributed by atoms with Gasteiger partial charge in [0.25, 0.3) is 0 Å². The van der Waals surface area contributed by atoms with Crippen molar-refractivity contribution >= 4 is 11.8 Å². The Hall–Kier alpha value is -2.68. The zero-order valence-corrected chi connectivity index (χ0v) is 31.9. The maximum absolute atomic E-state index is 14.5. The number of allylic oxidation sites excluding steroid dienone is 2. The van der Waals surface area contributed by atoms with Gasteiger partial charge in [-0.3, -0.25) is 14.5 Å². The van der Waals surface area contributed by atoms with E-state index >= 15 is 0 Å². The molecular formula is C37H49F6N3O10. The van der Waals surface area contributed by atoms with Crippen LogP contribution in [0.1, 0.15) is 79.1 Å². The van der Waals surface area contributed by atoms with Gasteiger partial charge in [-0.15, -0.1) is 0 Å². The maximum Gasteiger partial charge on any atom is 0.449 e. The second kappa shape index (κ2) is 13.7. The highest BCUT2D eigenvalue weighted by Crippen LogP contribution is 2.63. The number of hydrogen-bond donors (Lipinski definition) is 2. The number of amides is 2. The Balaban J connectivity index is 0.933. The lowest BCUT2D eigenvalue weighted by Gasteiger charge is -2.57. The monoisotopic (exact) mass is 809 g/mol. The first-order valence-electron chi connectivity index (χ1n) is 19.4. The lowest BCUT2D eigenvalue weighted by atomic mass is 9.59. The van der Waals surface area contributed by atoms with Crippen LogP contribution in [0.5, 0.6) is 0 Å². The van der Waals surface area contributed by atoms with Gasteiger partial charge in [0.05, 0.1) is 13.1 Å². The number of ether oxygens (including phenoxy) is 4. The van der Waals surface area contributed by atoms with Crippen LogP contribution in [0.3, 0.4) is 0 Å². The van der Waals surface area contributed by atoms with Crippen molar-refractivity contribution in [3.8, 4) is 0 Å². The first-order valence-corrected chi connectivity index (χ1v) is 19.4. The highest BCUT2D eigenvalue weighted by atomic mass is 19.4. The molecular weight excluding hydrogens is 760 g/mol. The van der Waals surface area contributed by atoms with E-state index in [9.17, 15) is 35.9 Å². The number of rotatable bonds is 8. The average molecular weight is 810 g/mol. The Morgan fingerprint density at radius 2 is 1.05 bits per heavy atom. The molecule has 2 aliphatic carbocycles. The molecule has 0 aromatic carbocycles. The summed E-state index contributed by atoms with van der Waals surface area (Å²) in [5.74, 6) is -8.35. The number of alkyl halides is 6. The Labute approximate surface area is 319 Å². The van der Waals surface area contributed by atoms with Crippen molar-refractivity contribution in [2.45, 2.75) is 127 Å². The van der Waals surface area contributed by atoms with Crippen LogP contribution in [0.2, 0.25) is 0 Å². The number of halogens is 6. The highest BCUT2D eigenvalue weighted by molar-refractivity contribution is 5.81. The predicted octanol–water partition coefficient (Wildman–Crippen LogP) is 5.28. The number of carbonyl (C=O) groups is 2. The topological polar surface area (TPSA) is 135 Å². The summed E-state index contributed by atoms with van der Waals surface area (Å²) >= 11 is 0. The minimum Gasteiger partial charge on any atom is -0.456 e. The van der Waals surface area contributed by atoms with E-state index in [-0.39, 0.29) is 34.8 Å². The van der Waals surface area contributed by atoms with E-state index in [0.717, 1.165) is 0 Å². The zero-order valence-electron chi connectivity index (χ0n) is 31.9. The van der Waals surface area contributed by atoms with Crippen molar-refractivity contribution in [1.29, 1.82) is 0 Å². The molecule has 6 saturated heterocycles. The molecule has 4 bridgehead atoms. The molecule has 2 N–H and O–H groups in total. The fourth-order valence-electron chi connectivity index (χ4n) is 10.9. The fraction of sp³-hybridized carbons (Fsp3) is 0.838. The average Bonchev–Trinajstić information content (AvgIpc) is 3.48. The Kier molecular flexibility index (Phi) is 9.81. The maximum atomic E-state index is 14.5. The molecule has 8 heterocycles. The summed E-state index contributed by atoms with van der Waals surface area (Å²) in [6.07, 6.45) is -8.68. The van der Waals surface area contributed by atoms with Gasteiger partial charge < -0.3 is 29.6 Å².